The van der Waals surface area contributed by atoms with Gasteiger partial charge >= 0.3 is 0 Å². The van der Waals surface area contributed by atoms with Gasteiger partial charge in [0.15, 0.2) is 11.6 Å². The number of hydrogen-bond donors (Lipinski definition) is 2. The lowest BCUT2D eigenvalue weighted by Gasteiger charge is -2.05. The number of anilines is 2. The molecule has 4 aromatic rings. The molecule has 0 aliphatic heterocycles. The molecule has 7 heteroatoms. The zero-order valence-electron chi connectivity index (χ0n) is 14.0. The highest BCUT2D eigenvalue weighted by atomic mass is 16.5. The predicted octanol–water partition coefficient (Wildman–Crippen LogP) is 4.11. The van der Waals surface area contributed by atoms with Crippen molar-refractivity contribution in [1.29, 1.82) is 0 Å². The Balaban J connectivity index is 1.53. The van der Waals surface area contributed by atoms with Crippen molar-refractivity contribution in [2.24, 2.45) is 0 Å². The van der Waals surface area contributed by atoms with Crippen LogP contribution < -0.4 is 10.1 Å². The number of aromatic amines is 1. The number of benzene rings is 2. The smallest absolute Gasteiger partial charge is 0.226 e. The van der Waals surface area contributed by atoms with Crippen molar-refractivity contribution in [2.75, 3.05) is 5.32 Å². The minimum Gasteiger partial charge on any atom is -0.454 e. The van der Waals surface area contributed by atoms with Crippen LogP contribution in [0.5, 0.6) is 11.5 Å². The van der Waals surface area contributed by atoms with Crippen LogP contribution in [0.2, 0.25) is 0 Å². The number of aryl methyl sites for hydroxylation is 1. The van der Waals surface area contributed by atoms with Gasteiger partial charge in [0.05, 0.1) is 12.4 Å². The summed E-state index contributed by atoms with van der Waals surface area (Å²) >= 11 is 0. The maximum absolute atomic E-state index is 5.75. The highest BCUT2D eigenvalue weighted by molar-refractivity contribution is 5.61. The van der Waals surface area contributed by atoms with Gasteiger partial charge in [-0.05, 0) is 36.8 Å². The van der Waals surface area contributed by atoms with E-state index in [1.54, 1.807) is 12.4 Å². The van der Waals surface area contributed by atoms with Gasteiger partial charge in [-0.25, -0.2) is 9.97 Å². The van der Waals surface area contributed by atoms with E-state index < -0.39 is 0 Å². The van der Waals surface area contributed by atoms with Crippen LogP contribution in [0.4, 0.5) is 11.6 Å². The zero-order valence-corrected chi connectivity index (χ0v) is 14.0. The first-order valence-corrected chi connectivity index (χ1v) is 8.06. The van der Waals surface area contributed by atoms with Gasteiger partial charge in [0.25, 0.3) is 0 Å². The number of H-pyrrole nitrogens is 1. The summed E-state index contributed by atoms with van der Waals surface area (Å²) in [6, 6.07) is 15.6. The second kappa shape index (κ2) is 7.02. The molecule has 128 valence electrons. The van der Waals surface area contributed by atoms with Crippen LogP contribution in [0.25, 0.3) is 11.4 Å². The molecule has 0 saturated heterocycles. The molecular weight excluding hydrogens is 328 g/mol. The van der Waals surface area contributed by atoms with Gasteiger partial charge in [0, 0.05) is 11.3 Å². The van der Waals surface area contributed by atoms with Crippen molar-refractivity contribution in [2.45, 2.75) is 6.92 Å². The fourth-order valence-corrected chi connectivity index (χ4v) is 2.49. The van der Waals surface area contributed by atoms with E-state index in [0.717, 1.165) is 11.3 Å². The maximum Gasteiger partial charge on any atom is 0.226 e. The maximum atomic E-state index is 5.75. The first-order chi connectivity index (χ1) is 12.8. The molecule has 26 heavy (non-hydrogen) atoms. The lowest BCUT2D eigenvalue weighted by atomic mass is 10.2. The molecule has 0 spiro atoms. The van der Waals surface area contributed by atoms with E-state index in [-0.39, 0.29) is 0 Å². The molecule has 0 saturated carbocycles. The Bertz CT molecular complexity index is 1020. The average Bonchev–Trinajstić information content (AvgIpc) is 3.11. The third kappa shape index (κ3) is 3.67. The van der Waals surface area contributed by atoms with Crippen molar-refractivity contribution in [1.82, 2.24) is 25.1 Å². The van der Waals surface area contributed by atoms with Crippen LogP contribution in [0, 0.1) is 6.92 Å². The molecule has 0 bridgehead atoms. The SMILES string of the molecule is Cc1cccc(Nc2nnc(-c3cccc(Oc4cncnc4)c3)[nH]2)c1. The normalized spacial score (nSPS) is 10.5. The third-order valence-corrected chi connectivity index (χ3v) is 3.65. The summed E-state index contributed by atoms with van der Waals surface area (Å²) in [6.45, 7) is 2.04. The standard InChI is InChI=1S/C19H16N6O/c1-13-4-2-6-15(8-13)22-19-23-18(24-25-19)14-5-3-7-16(9-14)26-17-10-20-12-21-11-17/h2-12H,1H3,(H2,22,23,24,25). The van der Waals surface area contributed by atoms with E-state index >= 15 is 0 Å². The average molecular weight is 344 g/mol. The molecule has 0 amide bonds. The Hall–Kier alpha value is -3.74. The van der Waals surface area contributed by atoms with Crippen LogP contribution in [0.1, 0.15) is 5.56 Å². The Labute approximate surface area is 150 Å². The molecule has 0 radical (unpaired) electrons. The van der Waals surface area contributed by atoms with E-state index in [1.165, 1.54) is 11.9 Å². The van der Waals surface area contributed by atoms with Gasteiger partial charge in [-0.1, -0.05) is 24.3 Å². The van der Waals surface area contributed by atoms with Gasteiger partial charge in [-0.3, -0.25) is 0 Å². The zero-order chi connectivity index (χ0) is 17.8. The van der Waals surface area contributed by atoms with Crippen LogP contribution in [-0.4, -0.2) is 25.1 Å². The number of hydrogen-bond acceptors (Lipinski definition) is 6. The molecule has 0 unspecified atom stereocenters. The van der Waals surface area contributed by atoms with E-state index in [9.17, 15) is 0 Å². The fourth-order valence-electron chi connectivity index (χ4n) is 2.49. The van der Waals surface area contributed by atoms with Crippen molar-refractivity contribution in [3.05, 3.63) is 72.8 Å². The van der Waals surface area contributed by atoms with E-state index in [0.29, 0.717) is 23.3 Å². The molecule has 0 fully saturated rings. The summed E-state index contributed by atoms with van der Waals surface area (Å²) in [5.74, 6) is 2.47. The highest BCUT2D eigenvalue weighted by Crippen LogP contribution is 2.25. The molecule has 0 aliphatic carbocycles. The molecule has 4 rings (SSSR count). The lowest BCUT2D eigenvalue weighted by molar-refractivity contribution is 0.477. The fraction of sp³-hybridized carbons (Fsp3) is 0.0526. The quantitative estimate of drug-likeness (QED) is 0.566. The largest absolute Gasteiger partial charge is 0.454 e. The Morgan fingerprint density at radius 2 is 1.77 bits per heavy atom. The summed E-state index contributed by atoms with van der Waals surface area (Å²) in [5, 5.41) is 11.6. The van der Waals surface area contributed by atoms with Crippen molar-refractivity contribution < 1.29 is 4.74 Å². The topological polar surface area (TPSA) is 88.6 Å². The number of ether oxygens (including phenoxy) is 1. The van der Waals surface area contributed by atoms with Gasteiger partial charge in [0.2, 0.25) is 5.95 Å². The summed E-state index contributed by atoms with van der Waals surface area (Å²) < 4.78 is 5.75. The molecule has 2 aromatic carbocycles. The highest BCUT2D eigenvalue weighted by Gasteiger charge is 2.07. The monoisotopic (exact) mass is 344 g/mol. The number of aromatic nitrogens is 5. The number of rotatable bonds is 5. The van der Waals surface area contributed by atoms with Crippen molar-refractivity contribution in [3.63, 3.8) is 0 Å². The van der Waals surface area contributed by atoms with Crippen LogP contribution in [0.15, 0.2) is 67.3 Å². The van der Waals surface area contributed by atoms with Gasteiger partial charge < -0.3 is 15.0 Å². The van der Waals surface area contributed by atoms with E-state index in [4.69, 9.17) is 4.74 Å². The molecular formula is C19H16N6O. The van der Waals surface area contributed by atoms with E-state index in [1.807, 2.05) is 55.5 Å². The van der Waals surface area contributed by atoms with Crippen LogP contribution in [-0.2, 0) is 0 Å². The molecule has 7 nitrogen and oxygen atoms in total. The van der Waals surface area contributed by atoms with E-state index in [2.05, 4.69) is 30.5 Å². The molecule has 2 aromatic heterocycles. The summed E-state index contributed by atoms with van der Waals surface area (Å²) in [6.07, 6.45) is 4.68. The first-order valence-electron chi connectivity index (χ1n) is 8.06. The third-order valence-electron chi connectivity index (χ3n) is 3.65. The minimum atomic E-state index is 0.573. The Morgan fingerprint density at radius 1 is 0.923 bits per heavy atom. The second-order valence-corrected chi connectivity index (χ2v) is 5.72. The first kappa shape index (κ1) is 15.8. The van der Waals surface area contributed by atoms with Crippen LogP contribution in [0.3, 0.4) is 0 Å². The second-order valence-electron chi connectivity index (χ2n) is 5.72. The molecule has 0 aliphatic rings. The van der Waals surface area contributed by atoms with Gasteiger partial charge in [0.1, 0.15) is 12.1 Å². The van der Waals surface area contributed by atoms with Gasteiger partial charge in [-0.2, -0.15) is 0 Å². The molecule has 2 N–H and O–H groups in total. The summed E-state index contributed by atoms with van der Waals surface area (Å²) in [4.78, 5) is 11.1. The van der Waals surface area contributed by atoms with Crippen molar-refractivity contribution in [3.8, 4) is 22.9 Å². The van der Waals surface area contributed by atoms with Crippen LogP contribution >= 0.6 is 0 Å². The molecule has 2 heterocycles. The lowest BCUT2D eigenvalue weighted by Crippen LogP contribution is -1.92. The molecule has 0 atom stereocenters. The number of nitrogens with one attached hydrogen (secondary N) is 2. The predicted molar refractivity (Wildman–Crippen MR) is 98.4 cm³/mol. The Morgan fingerprint density at radius 3 is 2.62 bits per heavy atom. The van der Waals surface area contributed by atoms with Gasteiger partial charge in [-0.15, -0.1) is 10.2 Å². The summed E-state index contributed by atoms with van der Waals surface area (Å²) in [5.41, 5.74) is 2.99. The number of nitrogens with zero attached hydrogens (tertiary/aromatic N) is 4. The summed E-state index contributed by atoms with van der Waals surface area (Å²) in [7, 11) is 0. The Kier molecular flexibility index (Phi) is 4.26. The minimum absolute atomic E-state index is 0.573. The van der Waals surface area contributed by atoms with Crippen molar-refractivity contribution >= 4 is 11.6 Å².